The van der Waals surface area contributed by atoms with Crippen LogP contribution < -0.4 is 5.32 Å². The van der Waals surface area contributed by atoms with Crippen molar-refractivity contribution in [3.8, 4) is 0 Å². The molecule has 0 radical (unpaired) electrons. The summed E-state index contributed by atoms with van der Waals surface area (Å²) >= 11 is 24.7. The van der Waals surface area contributed by atoms with Crippen LogP contribution in [-0.4, -0.2) is 29.3 Å². The molecule has 0 aliphatic carbocycles. The number of carbonyl (C=O) groups is 2. The van der Waals surface area contributed by atoms with Gasteiger partial charge in [-0.1, -0.05) is 72.4 Å². The van der Waals surface area contributed by atoms with Crippen molar-refractivity contribution in [2.75, 3.05) is 6.54 Å². The second-order valence-corrected chi connectivity index (χ2v) is 9.09. The van der Waals surface area contributed by atoms with E-state index in [1.807, 2.05) is 13.8 Å². The second-order valence-electron chi connectivity index (χ2n) is 7.46. The van der Waals surface area contributed by atoms with Gasteiger partial charge in [-0.3, -0.25) is 9.59 Å². The first kappa shape index (κ1) is 24.8. The van der Waals surface area contributed by atoms with Crippen LogP contribution in [0, 0.1) is 5.92 Å². The summed E-state index contributed by atoms with van der Waals surface area (Å²) < 4.78 is 0. The van der Waals surface area contributed by atoms with E-state index in [-0.39, 0.29) is 24.8 Å². The van der Waals surface area contributed by atoms with Gasteiger partial charge in [0.2, 0.25) is 11.8 Å². The SMILES string of the molecule is CC(C)CNC(=O)[C@H](C)N(Cc1c(Cl)cccc1Cl)C(=O)Cc1ccc(Cl)c(Cl)c1. The van der Waals surface area contributed by atoms with Gasteiger partial charge in [-0.25, -0.2) is 0 Å². The highest BCUT2D eigenvalue weighted by atomic mass is 35.5. The van der Waals surface area contributed by atoms with E-state index in [1.165, 1.54) is 4.90 Å². The van der Waals surface area contributed by atoms with E-state index in [4.69, 9.17) is 46.4 Å². The molecule has 0 fully saturated rings. The van der Waals surface area contributed by atoms with Gasteiger partial charge in [0, 0.05) is 28.7 Å². The van der Waals surface area contributed by atoms with Gasteiger partial charge in [0.15, 0.2) is 0 Å². The van der Waals surface area contributed by atoms with Crippen LogP contribution in [0.3, 0.4) is 0 Å². The van der Waals surface area contributed by atoms with Crippen LogP contribution in [-0.2, 0) is 22.6 Å². The highest BCUT2D eigenvalue weighted by Gasteiger charge is 2.27. The van der Waals surface area contributed by atoms with Crippen molar-refractivity contribution in [1.82, 2.24) is 10.2 Å². The summed E-state index contributed by atoms with van der Waals surface area (Å²) in [5, 5.41) is 4.52. The molecule has 0 spiro atoms. The Kier molecular flexibility index (Phi) is 9.30. The molecule has 1 N–H and O–H groups in total. The summed E-state index contributed by atoms with van der Waals surface area (Å²) in [6, 6.07) is 9.44. The third kappa shape index (κ3) is 6.78. The molecule has 2 rings (SSSR count). The lowest BCUT2D eigenvalue weighted by molar-refractivity contribution is -0.140. The molecule has 4 nitrogen and oxygen atoms in total. The van der Waals surface area contributed by atoms with E-state index < -0.39 is 6.04 Å². The Morgan fingerprint density at radius 1 is 0.933 bits per heavy atom. The molecule has 0 unspecified atom stereocenters. The van der Waals surface area contributed by atoms with Gasteiger partial charge in [-0.15, -0.1) is 0 Å². The monoisotopic (exact) mass is 488 g/mol. The molecule has 30 heavy (non-hydrogen) atoms. The Labute approximate surface area is 197 Å². The van der Waals surface area contributed by atoms with Crippen molar-refractivity contribution in [3.63, 3.8) is 0 Å². The lowest BCUT2D eigenvalue weighted by Gasteiger charge is -2.29. The zero-order chi connectivity index (χ0) is 22.4. The van der Waals surface area contributed by atoms with E-state index in [9.17, 15) is 9.59 Å². The molecule has 0 saturated carbocycles. The molecule has 1 atom stereocenters. The predicted molar refractivity (Wildman–Crippen MR) is 124 cm³/mol. The van der Waals surface area contributed by atoms with Gasteiger partial charge in [-0.05, 0) is 42.7 Å². The molecule has 162 valence electrons. The third-order valence-corrected chi connectivity index (χ3v) is 6.03. The highest BCUT2D eigenvalue weighted by molar-refractivity contribution is 6.42. The standard InChI is InChI=1S/C22H24Cl4N2O2/c1-13(2)11-27-22(30)14(3)28(12-16-17(23)5-4-6-18(16)24)21(29)10-15-7-8-19(25)20(26)9-15/h4-9,13-14H,10-12H2,1-3H3,(H,27,30)/t14-/m0/s1. The Hall–Kier alpha value is -1.46. The number of halogens is 4. The highest BCUT2D eigenvalue weighted by Crippen LogP contribution is 2.27. The summed E-state index contributed by atoms with van der Waals surface area (Å²) in [6.07, 6.45) is 0.0563. The van der Waals surface area contributed by atoms with Crippen molar-refractivity contribution < 1.29 is 9.59 Å². The van der Waals surface area contributed by atoms with Crippen LogP contribution in [0.1, 0.15) is 31.9 Å². The summed E-state index contributed by atoms with van der Waals surface area (Å²) in [6.45, 7) is 6.32. The fraction of sp³-hybridized carbons (Fsp3) is 0.364. The Morgan fingerprint density at radius 3 is 2.13 bits per heavy atom. The van der Waals surface area contributed by atoms with Crippen LogP contribution in [0.4, 0.5) is 0 Å². The number of nitrogens with zero attached hydrogens (tertiary/aromatic N) is 1. The Bertz CT molecular complexity index is 898. The fourth-order valence-corrected chi connectivity index (χ4v) is 3.65. The molecular formula is C22H24Cl4N2O2. The van der Waals surface area contributed by atoms with Crippen LogP contribution in [0.25, 0.3) is 0 Å². The number of hydrogen-bond donors (Lipinski definition) is 1. The van der Waals surface area contributed by atoms with Gasteiger partial charge < -0.3 is 10.2 Å². The summed E-state index contributed by atoms with van der Waals surface area (Å²) in [7, 11) is 0. The number of hydrogen-bond acceptors (Lipinski definition) is 2. The van der Waals surface area contributed by atoms with Gasteiger partial charge in [0.05, 0.1) is 16.5 Å². The quantitative estimate of drug-likeness (QED) is 0.491. The zero-order valence-electron chi connectivity index (χ0n) is 17.0. The molecule has 0 heterocycles. The summed E-state index contributed by atoms with van der Waals surface area (Å²) in [4.78, 5) is 27.4. The second kappa shape index (κ2) is 11.2. The normalized spacial score (nSPS) is 12.0. The van der Waals surface area contributed by atoms with Gasteiger partial charge in [-0.2, -0.15) is 0 Å². The first-order valence-corrected chi connectivity index (χ1v) is 11.0. The topological polar surface area (TPSA) is 49.4 Å². The molecule has 2 aromatic rings. The van der Waals surface area contributed by atoms with Crippen LogP contribution in [0.2, 0.25) is 20.1 Å². The maximum absolute atomic E-state index is 13.2. The maximum atomic E-state index is 13.2. The molecule has 0 aliphatic rings. The van der Waals surface area contributed by atoms with Crippen molar-refractivity contribution in [2.45, 2.75) is 39.8 Å². The molecule has 0 aliphatic heterocycles. The average Bonchev–Trinajstić information content (AvgIpc) is 2.68. The van der Waals surface area contributed by atoms with E-state index in [1.54, 1.807) is 43.3 Å². The Morgan fingerprint density at radius 2 is 1.57 bits per heavy atom. The van der Waals surface area contributed by atoms with E-state index in [2.05, 4.69) is 5.32 Å². The lowest BCUT2D eigenvalue weighted by Crippen LogP contribution is -2.48. The number of amides is 2. The number of nitrogens with one attached hydrogen (secondary N) is 1. The number of benzene rings is 2. The van der Waals surface area contributed by atoms with Crippen LogP contribution in [0.5, 0.6) is 0 Å². The van der Waals surface area contributed by atoms with E-state index >= 15 is 0 Å². The lowest BCUT2D eigenvalue weighted by atomic mass is 10.1. The largest absolute Gasteiger partial charge is 0.354 e. The van der Waals surface area contributed by atoms with Crippen molar-refractivity contribution in [2.24, 2.45) is 5.92 Å². The molecule has 0 saturated heterocycles. The first-order valence-electron chi connectivity index (χ1n) is 9.54. The summed E-state index contributed by atoms with van der Waals surface area (Å²) in [5.74, 6) is -0.203. The molecule has 0 aromatic heterocycles. The first-order chi connectivity index (χ1) is 14.1. The molecular weight excluding hydrogens is 466 g/mol. The zero-order valence-corrected chi connectivity index (χ0v) is 20.0. The predicted octanol–water partition coefficient (Wildman–Crippen LogP) is 6.03. The van der Waals surface area contributed by atoms with Crippen molar-refractivity contribution in [3.05, 3.63) is 67.6 Å². The molecule has 2 aromatic carbocycles. The summed E-state index contributed by atoms with van der Waals surface area (Å²) in [5.41, 5.74) is 1.28. The van der Waals surface area contributed by atoms with Crippen LogP contribution >= 0.6 is 46.4 Å². The fourth-order valence-electron chi connectivity index (χ4n) is 2.81. The van der Waals surface area contributed by atoms with Gasteiger partial charge in [0.25, 0.3) is 0 Å². The molecule has 8 heteroatoms. The maximum Gasteiger partial charge on any atom is 0.242 e. The number of rotatable bonds is 8. The molecule has 2 amide bonds. The van der Waals surface area contributed by atoms with E-state index in [0.717, 1.165) is 0 Å². The van der Waals surface area contributed by atoms with Gasteiger partial charge >= 0.3 is 0 Å². The molecule has 0 bridgehead atoms. The minimum absolute atomic E-state index is 0.0563. The minimum atomic E-state index is -0.716. The van der Waals surface area contributed by atoms with Crippen molar-refractivity contribution in [1.29, 1.82) is 0 Å². The minimum Gasteiger partial charge on any atom is -0.354 e. The average molecular weight is 490 g/mol. The van der Waals surface area contributed by atoms with Crippen LogP contribution in [0.15, 0.2) is 36.4 Å². The van der Waals surface area contributed by atoms with E-state index in [0.29, 0.717) is 43.7 Å². The van der Waals surface area contributed by atoms with Gasteiger partial charge in [0.1, 0.15) is 6.04 Å². The number of carbonyl (C=O) groups excluding carboxylic acids is 2. The smallest absolute Gasteiger partial charge is 0.242 e. The van der Waals surface area contributed by atoms with Crippen molar-refractivity contribution >= 4 is 58.2 Å². The third-order valence-electron chi connectivity index (χ3n) is 4.58. The Balaban J connectivity index is 2.30.